The lowest BCUT2D eigenvalue weighted by Crippen LogP contribution is -2.42. The molecular formula is C7H13NO2. The van der Waals surface area contributed by atoms with Gasteiger partial charge in [0, 0.05) is 6.54 Å². The maximum Gasteiger partial charge on any atom is 0.137 e. The van der Waals surface area contributed by atoms with E-state index in [0.29, 0.717) is 6.42 Å². The number of nitrogens with zero attached hydrogens (tertiary/aromatic N) is 1. The molecule has 1 N–H and O–H groups in total. The number of hydrogen-bond donors (Lipinski definition) is 1. The van der Waals surface area contributed by atoms with Crippen LogP contribution in [0.15, 0.2) is 0 Å². The Morgan fingerprint density at radius 1 is 1.70 bits per heavy atom. The summed E-state index contributed by atoms with van der Waals surface area (Å²) in [5, 5.41) is 9.14. The molecule has 3 heteroatoms. The zero-order valence-corrected chi connectivity index (χ0v) is 6.16. The van der Waals surface area contributed by atoms with Crippen molar-refractivity contribution in [3.05, 3.63) is 0 Å². The van der Waals surface area contributed by atoms with Crippen molar-refractivity contribution in [2.45, 2.75) is 25.0 Å². The predicted octanol–water partition coefficient (Wildman–Crippen LogP) is -0.360. The van der Waals surface area contributed by atoms with Crippen LogP contribution in [0.2, 0.25) is 0 Å². The highest BCUT2D eigenvalue weighted by Crippen LogP contribution is 2.13. The summed E-state index contributed by atoms with van der Waals surface area (Å²) < 4.78 is 0. The van der Waals surface area contributed by atoms with Crippen molar-refractivity contribution in [3.8, 4) is 0 Å². The molecule has 2 unspecified atom stereocenters. The van der Waals surface area contributed by atoms with Gasteiger partial charge in [-0.2, -0.15) is 0 Å². The first-order valence-corrected chi connectivity index (χ1v) is 3.57. The quantitative estimate of drug-likeness (QED) is 0.510. The Morgan fingerprint density at radius 3 is 2.90 bits per heavy atom. The highest BCUT2D eigenvalue weighted by atomic mass is 16.3. The number of likely N-dealkylation sites (N-methyl/N-ethyl adjacent to an activating group) is 1. The van der Waals surface area contributed by atoms with Gasteiger partial charge in [0.2, 0.25) is 0 Å². The molecule has 0 amide bonds. The normalized spacial score (nSPS) is 35.8. The molecule has 0 spiro atoms. The predicted molar refractivity (Wildman–Crippen MR) is 37.7 cm³/mol. The van der Waals surface area contributed by atoms with Crippen LogP contribution in [-0.2, 0) is 4.79 Å². The van der Waals surface area contributed by atoms with E-state index < -0.39 is 0 Å². The maximum atomic E-state index is 10.4. The molecule has 58 valence electrons. The van der Waals surface area contributed by atoms with Gasteiger partial charge in [-0.05, 0) is 19.9 Å². The summed E-state index contributed by atoms with van der Waals surface area (Å²) in [6, 6.07) is -0.0660. The number of hydrogen-bond acceptors (Lipinski definition) is 3. The van der Waals surface area contributed by atoms with Crippen molar-refractivity contribution in [3.63, 3.8) is 0 Å². The number of carbonyl (C=O) groups is 1. The van der Waals surface area contributed by atoms with Crippen LogP contribution < -0.4 is 0 Å². The Labute approximate surface area is 60.6 Å². The van der Waals surface area contributed by atoms with Gasteiger partial charge in [0.15, 0.2) is 0 Å². The van der Waals surface area contributed by atoms with Crippen LogP contribution >= 0.6 is 0 Å². The third kappa shape index (κ3) is 1.55. The van der Waals surface area contributed by atoms with Gasteiger partial charge in [0.25, 0.3) is 0 Å². The van der Waals surface area contributed by atoms with Gasteiger partial charge in [-0.1, -0.05) is 0 Å². The number of aldehydes is 1. The van der Waals surface area contributed by atoms with Crippen molar-refractivity contribution in [1.29, 1.82) is 0 Å². The van der Waals surface area contributed by atoms with Crippen LogP contribution in [0.5, 0.6) is 0 Å². The number of aliphatic hydroxyl groups excluding tert-OH is 1. The second-order valence-electron chi connectivity index (χ2n) is 2.86. The SMILES string of the molecule is CN1CCC(O)CC1C=O. The molecule has 1 aliphatic rings. The topological polar surface area (TPSA) is 40.5 Å². The second kappa shape index (κ2) is 3.12. The monoisotopic (exact) mass is 143 g/mol. The lowest BCUT2D eigenvalue weighted by atomic mass is 10.0. The van der Waals surface area contributed by atoms with Crippen LogP contribution in [-0.4, -0.2) is 42.0 Å². The fourth-order valence-corrected chi connectivity index (χ4v) is 1.25. The minimum atomic E-state index is -0.272. The first-order valence-electron chi connectivity index (χ1n) is 3.57. The first-order chi connectivity index (χ1) is 4.74. The van der Waals surface area contributed by atoms with Gasteiger partial charge < -0.3 is 9.90 Å². The first kappa shape index (κ1) is 7.69. The maximum absolute atomic E-state index is 10.4. The number of piperidine rings is 1. The van der Waals surface area contributed by atoms with E-state index in [0.717, 1.165) is 19.3 Å². The molecule has 2 atom stereocenters. The van der Waals surface area contributed by atoms with Gasteiger partial charge >= 0.3 is 0 Å². The van der Waals surface area contributed by atoms with Crippen LogP contribution in [0.3, 0.4) is 0 Å². The summed E-state index contributed by atoms with van der Waals surface area (Å²) in [7, 11) is 1.91. The molecule has 3 nitrogen and oxygen atoms in total. The zero-order valence-electron chi connectivity index (χ0n) is 6.16. The third-order valence-electron chi connectivity index (χ3n) is 2.05. The molecule has 1 fully saturated rings. The van der Waals surface area contributed by atoms with Crippen molar-refractivity contribution in [1.82, 2.24) is 4.90 Å². The molecule has 1 aliphatic heterocycles. The third-order valence-corrected chi connectivity index (χ3v) is 2.05. The van der Waals surface area contributed by atoms with E-state index in [4.69, 9.17) is 5.11 Å². The minimum absolute atomic E-state index is 0.0660. The summed E-state index contributed by atoms with van der Waals surface area (Å²) in [5.41, 5.74) is 0. The molecule has 0 aliphatic carbocycles. The van der Waals surface area contributed by atoms with Crippen molar-refractivity contribution in [2.75, 3.05) is 13.6 Å². The van der Waals surface area contributed by atoms with Gasteiger partial charge in [0.05, 0.1) is 12.1 Å². The fraction of sp³-hybridized carbons (Fsp3) is 0.857. The van der Waals surface area contributed by atoms with Crippen LogP contribution in [0.25, 0.3) is 0 Å². The molecule has 0 bridgehead atoms. The Bertz CT molecular complexity index is 127. The Morgan fingerprint density at radius 2 is 2.40 bits per heavy atom. The number of aliphatic hydroxyl groups is 1. The largest absolute Gasteiger partial charge is 0.393 e. The van der Waals surface area contributed by atoms with E-state index in [1.165, 1.54) is 0 Å². The second-order valence-corrected chi connectivity index (χ2v) is 2.86. The molecule has 0 aromatic heterocycles. The van der Waals surface area contributed by atoms with E-state index in [-0.39, 0.29) is 12.1 Å². The van der Waals surface area contributed by atoms with Gasteiger partial charge in [0.1, 0.15) is 6.29 Å². The molecule has 0 saturated carbocycles. The van der Waals surface area contributed by atoms with E-state index in [2.05, 4.69) is 0 Å². The molecule has 1 rings (SSSR count). The van der Waals surface area contributed by atoms with Crippen molar-refractivity contribution < 1.29 is 9.90 Å². The summed E-state index contributed by atoms with van der Waals surface area (Å²) in [6.45, 7) is 0.824. The average molecular weight is 143 g/mol. The highest BCUT2D eigenvalue weighted by molar-refractivity contribution is 5.57. The lowest BCUT2D eigenvalue weighted by molar-refractivity contribution is -0.114. The molecular weight excluding hydrogens is 130 g/mol. The van der Waals surface area contributed by atoms with E-state index in [1.807, 2.05) is 11.9 Å². The van der Waals surface area contributed by atoms with Crippen molar-refractivity contribution in [2.24, 2.45) is 0 Å². The molecule has 1 saturated heterocycles. The molecule has 1 heterocycles. The highest BCUT2D eigenvalue weighted by Gasteiger charge is 2.23. The Hall–Kier alpha value is -0.410. The van der Waals surface area contributed by atoms with E-state index >= 15 is 0 Å². The lowest BCUT2D eigenvalue weighted by Gasteiger charge is -2.31. The molecule has 0 aromatic rings. The summed E-state index contributed by atoms with van der Waals surface area (Å²) in [4.78, 5) is 12.3. The Kier molecular flexibility index (Phi) is 2.40. The van der Waals surface area contributed by atoms with E-state index in [9.17, 15) is 4.79 Å². The molecule has 0 radical (unpaired) electrons. The number of likely N-dealkylation sites (tertiary alicyclic amines) is 1. The van der Waals surface area contributed by atoms with Crippen LogP contribution in [0, 0.1) is 0 Å². The number of rotatable bonds is 1. The fourth-order valence-electron chi connectivity index (χ4n) is 1.25. The van der Waals surface area contributed by atoms with Gasteiger partial charge in [-0.15, -0.1) is 0 Å². The smallest absolute Gasteiger partial charge is 0.137 e. The van der Waals surface area contributed by atoms with Gasteiger partial charge in [-0.3, -0.25) is 4.90 Å². The average Bonchev–Trinajstić information content (AvgIpc) is 1.94. The van der Waals surface area contributed by atoms with Crippen LogP contribution in [0.4, 0.5) is 0 Å². The van der Waals surface area contributed by atoms with E-state index in [1.54, 1.807) is 0 Å². The summed E-state index contributed by atoms with van der Waals surface area (Å²) in [6.07, 6.45) is 2.02. The molecule has 10 heavy (non-hydrogen) atoms. The number of carbonyl (C=O) groups excluding carboxylic acids is 1. The van der Waals surface area contributed by atoms with Gasteiger partial charge in [-0.25, -0.2) is 0 Å². The summed E-state index contributed by atoms with van der Waals surface area (Å²) >= 11 is 0. The van der Waals surface area contributed by atoms with Crippen LogP contribution in [0.1, 0.15) is 12.8 Å². The zero-order chi connectivity index (χ0) is 7.56. The Balaban J connectivity index is 2.45. The summed E-state index contributed by atoms with van der Waals surface area (Å²) in [5.74, 6) is 0. The standard InChI is InChI=1S/C7H13NO2/c1-8-3-2-7(10)4-6(8)5-9/h5-7,10H,2-4H2,1H3. The minimum Gasteiger partial charge on any atom is -0.393 e. The molecule has 0 aromatic carbocycles. The van der Waals surface area contributed by atoms with Crippen molar-refractivity contribution >= 4 is 6.29 Å².